The van der Waals surface area contributed by atoms with Crippen molar-refractivity contribution in [3.05, 3.63) is 29.3 Å². The Labute approximate surface area is 89.9 Å². The largest absolute Gasteiger partial charge is 0.354 e. The van der Waals surface area contributed by atoms with E-state index in [9.17, 15) is 0 Å². The third-order valence-corrected chi connectivity index (χ3v) is 2.13. The van der Waals surface area contributed by atoms with Gasteiger partial charge < -0.3 is 10.6 Å². The highest BCUT2D eigenvalue weighted by atomic mass is 15.2. The molecule has 0 fully saturated rings. The highest BCUT2D eigenvalue weighted by Crippen LogP contribution is 2.19. The van der Waals surface area contributed by atoms with Crippen LogP contribution in [0.3, 0.4) is 0 Å². The minimum absolute atomic E-state index is 0.113. The standard InChI is InChI=1S/C11H15N3/c1-8-4-3-5-9(2)10(8)14-11-12-6-7-13-11/h3-5H,6-7H2,1-2H3,(H2,12,13,14)/i6D2,7D2. The molecule has 2 N–H and O–H groups in total. The number of nitrogens with one attached hydrogen (secondary N) is 2. The zero-order valence-corrected chi connectivity index (χ0v) is 8.18. The number of guanidine groups is 1. The van der Waals surface area contributed by atoms with Crippen molar-refractivity contribution in [1.82, 2.24) is 5.32 Å². The Bertz CT molecular complexity index is 491. The molecule has 0 bridgehead atoms. The Hall–Kier alpha value is -1.51. The number of aliphatic imine (C=N–C) groups is 1. The third-order valence-electron chi connectivity index (χ3n) is 2.13. The summed E-state index contributed by atoms with van der Waals surface area (Å²) in [7, 11) is 0. The van der Waals surface area contributed by atoms with Gasteiger partial charge in [0.15, 0.2) is 5.96 Å². The molecule has 0 amide bonds. The van der Waals surface area contributed by atoms with Gasteiger partial charge in [-0.1, -0.05) is 18.2 Å². The van der Waals surface area contributed by atoms with E-state index < -0.39 is 13.0 Å². The lowest BCUT2D eigenvalue weighted by atomic mass is 10.1. The van der Waals surface area contributed by atoms with Crippen molar-refractivity contribution in [2.24, 2.45) is 4.99 Å². The quantitative estimate of drug-likeness (QED) is 0.712. The lowest BCUT2D eigenvalue weighted by Gasteiger charge is -2.12. The molecule has 1 aliphatic rings. The summed E-state index contributed by atoms with van der Waals surface area (Å²) in [6.07, 6.45) is 0. The minimum Gasteiger partial charge on any atom is -0.354 e. The lowest BCUT2D eigenvalue weighted by molar-refractivity contribution is 0.959. The molecule has 1 aliphatic heterocycles. The molecule has 0 radical (unpaired) electrons. The first kappa shape index (κ1) is 5.39. The molecule has 0 spiro atoms. The van der Waals surface area contributed by atoms with Gasteiger partial charge in [-0.15, -0.1) is 0 Å². The number of anilines is 1. The Morgan fingerprint density at radius 1 is 1.43 bits per heavy atom. The van der Waals surface area contributed by atoms with Crippen molar-refractivity contribution >= 4 is 11.6 Å². The molecule has 0 aliphatic carbocycles. The normalized spacial score (nSPS) is 26.3. The van der Waals surface area contributed by atoms with Gasteiger partial charge in [-0.2, -0.15) is 0 Å². The number of hydrogen-bond donors (Lipinski definition) is 2. The van der Waals surface area contributed by atoms with Crippen molar-refractivity contribution < 1.29 is 5.48 Å². The Balaban J connectivity index is 2.27. The number of para-hydroxylation sites is 1. The molecule has 0 saturated heterocycles. The van der Waals surface area contributed by atoms with Gasteiger partial charge in [-0.25, -0.2) is 0 Å². The molecule has 1 heterocycles. The molecule has 3 heteroatoms. The van der Waals surface area contributed by atoms with E-state index in [4.69, 9.17) is 5.48 Å². The topological polar surface area (TPSA) is 36.4 Å². The van der Waals surface area contributed by atoms with Gasteiger partial charge in [0, 0.05) is 12.2 Å². The van der Waals surface area contributed by atoms with Gasteiger partial charge in [-0.05, 0) is 25.0 Å². The molecule has 2 rings (SSSR count). The van der Waals surface area contributed by atoms with Crippen LogP contribution in [0.4, 0.5) is 5.69 Å². The van der Waals surface area contributed by atoms with Gasteiger partial charge in [0.25, 0.3) is 0 Å². The predicted octanol–water partition coefficient (Wildman–Crippen LogP) is 1.67. The number of hydrogen-bond acceptors (Lipinski definition) is 3. The van der Waals surface area contributed by atoms with Crippen LogP contribution in [0.25, 0.3) is 0 Å². The Morgan fingerprint density at radius 2 is 2.14 bits per heavy atom. The molecule has 0 aromatic heterocycles. The monoisotopic (exact) mass is 193 g/mol. The SMILES string of the molecule is [2H]C1([2H])N=C(Nc2c(C)cccc2C)NC1([2H])[2H]. The van der Waals surface area contributed by atoms with E-state index in [-0.39, 0.29) is 5.96 Å². The van der Waals surface area contributed by atoms with Gasteiger partial charge in [0.05, 0.1) is 12.0 Å². The summed E-state index contributed by atoms with van der Waals surface area (Å²) in [5.74, 6) is 0.113. The van der Waals surface area contributed by atoms with Crippen LogP contribution in [0.15, 0.2) is 23.2 Å². The van der Waals surface area contributed by atoms with Crippen molar-refractivity contribution in [1.29, 1.82) is 0 Å². The molecule has 0 unspecified atom stereocenters. The molecule has 14 heavy (non-hydrogen) atoms. The lowest BCUT2D eigenvalue weighted by Crippen LogP contribution is -2.26. The molecule has 0 atom stereocenters. The number of nitrogens with zero attached hydrogens (tertiary/aromatic N) is 1. The van der Waals surface area contributed by atoms with E-state index in [0.717, 1.165) is 16.8 Å². The van der Waals surface area contributed by atoms with Crippen molar-refractivity contribution in [2.45, 2.75) is 13.8 Å². The second-order valence-corrected chi connectivity index (χ2v) is 3.21. The maximum Gasteiger partial charge on any atom is 0.195 e. The fourth-order valence-electron chi connectivity index (χ4n) is 1.39. The van der Waals surface area contributed by atoms with Crippen LogP contribution in [-0.4, -0.2) is 19.0 Å². The molecule has 0 saturated carbocycles. The predicted molar refractivity (Wildman–Crippen MR) is 59.8 cm³/mol. The summed E-state index contributed by atoms with van der Waals surface area (Å²) in [5.41, 5.74) is 2.80. The van der Waals surface area contributed by atoms with Crippen LogP contribution < -0.4 is 10.6 Å². The summed E-state index contributed by atoms with van der Waals surface area (Å²) < 4.78 is 30.0. The van der Waals surface area contributed by atoms with Crippen LogP contribution in [0.1, 0.15) is 16.6 Å². The highest BCUT2D eigenvalue weighted by molar-refractivity contribution is 5.95. The first-order chi connectivity index (χ1) is 8.23. The van der Waals surface area contributed by atoms with Crippen molar-refractivity contribution in [3.8, 4) is 0 Å². The summed E-state index contributed by atoms with van der Waals surface area (Å²) in [6.45, 7) is -0.625. The highest BCUT2D eigenvalue weighted by Gasteiger charge is 2.07. The maximum atomic E-state index is 7.52. The van der Waals surface area contributed by atoms with E-state index in [1.165, 1.54) is 0 Å². The molecule has 74 valence electrons. The summed E-state index contributed by atoms with van der Waals surface area (Å²) in [4.78, 5) is 3.70. The average molecular weight is 193 g/mol. The third kappa shape index (κ3) is 1.71. The van der Waals surface area contributed by atoms with E-state index in [0.29, 0.717) is 0 Å². The smallest absolute Gasteiger partial charge is 0.195 e. The fraction of sp³-hybridized carbons (Fsp3) is 0.364. The Kier molecular flexibility index (Phi) is 1.42. The van der Waals surface area contributed by atoms with Gasteiger partial charge in [-0.3, -0.25) is 4.99 Å². The molecule has 1 aromatic carbocycles. The minimum atomic E-state index is -2.27. The van der Waals surface area contributed by atoms with E-state index in [1.54, 1.807) is 0 Å². The van der Waals surface area contributed by atoms with Crippen LogP contribution >= 0.6 is 0 Å². The maximum absolute atomic E-state index is 7.52. The van der Waals surface area contributed by atoms with Crippen LogP contribution in [0, 0.1) is 13.8 Å². The van der Waals surface area contributed by atoms with Gasteiger partial charge in [0.2, 0.25) is 0 Å². The Morgan fingerprint density at radius 3 is 2.71 bits per heavy atom. The first-order valence-electron chi connectivity index (χ1n) is 6.44. The second-order valence-electron chi connectivity index (χ2n) is 3.21. The molecule has 1 aromatic rings. The van der Waals surface area contributed by atoms with Gasteiger partial charge >= 0.3 is 0 Å². The average Bonchev–Trinajstić information content (AvgIpc) is 2.42. The number of benzene rings is 1. The van der Waals surface area contributed by atoms with E-state index >= 15 is 0 Å². The van der Waals surface area contributed by atoms with E-state index in [2.05, 4.69) is 15.6 Å². The van der Waals surface area contributed by atoms with Gasteiger partial charge in [0.1, 0.15) is 0 Å². The van der Waals surface area contributed by atoms with Crippen LogP contribution in [-0.2, 0) is 0 Å². The summed E-state index contributed by atoms with van der Waals surface area (Å²) >= 11 is 0. The van der Waals surface area contributed by atoms with Crippen molar-refractivity contribution in [2.75, 3.05) is 18.3 Å². The zero-order chi connectivity index (χ0) is 13.6. The summed E-state index contributed by atoms with van der Waals surface area (Å²) in [6, 6.07) is 5.78. The molecule has 3 nitrogen and oxygen atoms in total. The molecular formula is C11H15N3. The second kappa shape index (κ2) is 3.70. The van der Waals surface area contributed by atoms with Crippen LogP contribution in [0.2, 0.25) is 0 Å². The number of aryl methyl sites for hydroxylation is 2. The first-order valence-corrected chi connectivity index (χ1v) is 4.44. The summed E-state index contributed by atoms with van der Waals surface area (Å²) in [5, 5.41) is 5.37. The fourth-order valence-corrected chi connectivity index (χ4v) is 1.39. The number of rotatable bonds is 1. The zero-order valence-electron chi connectivity index (χ0n) is 12.2. The van der Waals surface area contributed by atoms with Crippen LogP contribution in [0.5, 0.6) is 0 Å². The molecular weight excluding hydrogens is 174 g/mol. The van der Waals surface area contributed by atoms with E-state index in [1.807, 2.05) is 32.0 Å². The van der Waals surface area contributed by atoms with Crippen molar-refractivity contribution in [3.63, 3.8) is 0 Å².